The maximum Gasteiger partial charge on any atom is 0.239 e. The summed E-state index contributed by atoms with van der Waals surface area (Å²) in [5.41, 5.74) is 0. The van der Waals surface area contributed by atoms with Crippen LogP contribution in [0.25, 0.3) is 0 Å². The molecule has 0 aromatic heterocycles. The average Bonchev–Trinajstić information content (AvgIpc) is 2.11. The molecule has 0 N–H and O–H groups in total. The number of rotatable bonds is 5. The molecular formula is C11H22N2O2. The van der Waals surface area contributed by atoms with Crippen molar-refractivity contribution in [1.29, 1.82) is 0 Å². The molecule has 0 spiro atoms. The maximum absolute atomic E-state index is 12.0. The van der Waals surface area contributed by atoms with Gasteiger partial charge in [0.1, 0.15) is 0 Å². The normalized spacial score (nSPS) is 21.5. The number of hydrogen-bond acceptors (Lipinski definition) is 3. The van der Waals surface area contributed by atoms with Gasteiger partial charge in [0.2, 0.25) is 5.91 Å². The molecule has 1 rings (SSSR count). The van der Waals surface area contributed by atoms with Crippen molar-refractivity contribution >= 4 is 5.91 Å². The third kappa shape index (κ3) is 2.92. The molecule has 0 saturated carbocycles. The van der Waals surface area contributed by atoms with Gasteiger partial charge in [-0.15, -0.1) is 0 Å². The molecule has 0 aromatic rings. The van der Waals surface area contributed by atoms with Crippen LogP contribution in [0.4, 0.5) is 0 Å². The standard InChI is InChI=1S/C11H22N2O2/c1-9(2)13-6-5-10(13)11(14)12(3)7-8-15-4/h9-10H,5-8H2,1-4H3/t10-/m0/s1. The smallest absolute Gasteiger partial charge is 0.239 e. The molecule has 0 bridgehead atoms. The number of ether oxygens (including phenoxy) is 1. The topological polar surface area (TPSA) is 32.8 Å². The van der Waals surface area contributed by atoms with Gasteiger partial charge in [0, 0.05) is 33.3 Å². The molecule has 0 radical (unpaired) electrons. The lowest BCUT2D eigenvalue weighted by molar-refractivity contribution is -0.142. The fraction of sp³-hybridized carbons (Fsp3) is 0.909. The van der Waals surface area contributed by atoms with Crippen molar-refractivity contribution in [2.24, 2.45) is 0 Å². The van der Waals surface area contributed by atoms with Crippen LogP contribution in [0.15, 0.2) is 0 Å². The Morgan fingerprint density at radius 2 is 2.27 bits per heavy atom. The SMILES string of the molecule is COCCN(C)C(=O)[C@@H]1CCN1C(C)C. The van der Waals surface area contributed by atoms with E-state index >= 15 is 0 Å². The Bertz CT molecular complexity index is 219. The monoisotopic (exact) mass is 214 g/mol. The van der Waals surface area contributed by atoms with Gasteiger partial charge in [0.05, 0.1) is 12.6 Å². The Morgan fingerprint density at radius 3 is 2.67 bits per heavy atom. The van der Waals surface area contributed by atoms with Crippen LogP contribution < -0.4 is 0 Å². The van der Waals surface area contributed by atoms with Crippen LogP contribution >= 0.6 is 0 Å². The minimum atomic E-state index is 0.104. The first-order chi connectivity index (χ1) is 7.07. The molecule has 1 saturated heterocycles. The summed E-state index contributed by atoms with van der Waals surface area (Å²) in [6.07, 6.45) is 0.994. The summed E-state index contributed by atoms with van der Waals surface area (Å²) in [7, 11) is 3.50. The van der Waals surface area contributed by atoms with Crippen molar-refractivity contribution in [1.82, 2.24) is 9.80 Å². The Labute approximate surface area is 92.2 Å². The van der Waals surface area contributed by atoms with E-state index in [1.165, 1.54) is 0 Å². The van der Waals surface area contributed by atoms with Gasteiger partial charge in [-0.1, -0.05) is 0 Å². The lowest BCUT2D eigenvalue weighted by atomic mass is 9.99. The zero-order valence-corrected chi connectivity index (χ0v) is 10.2. The molecule has 88 valence electrons. The van der Waals surface area contributed by atoms with E-state index in [4.69, 9.17) is 4.74 Å². The van der Waals surface area contributed by atoms with Crippen molar-refractivity contribution in [3.63, 3.8) is 0 Å². The number of nitrogens with zero attached hydrogens (tertiary/aromatic N) is 2. The van der Waals surface area contributed by atoms with Gasteiger partial charge in [0.15, 0.2) is 0 Å². The second-order valence-electron chi connectivity index (χ2n) is 4.39. The average molecular weight is 214 g/mol. The zero-order valence-electron chi connectivity index (χ0n) is 10.2. The van der Waals surface area contributed by atoms with Gasteiger partial charge in [-0.05, 0) is 20.3 Å². The first-order valence-corrected chi connectivity index (χ1v) is 5.57. The molecule has 0 aromatic carbocycles. The molecular weight excluding hydrogens is 192 g/mol. The number of likely N-dealkylation sites (tertiary alicyclic amines) is 1. The third-order valence-electron chi connectivity index (χ3n) is 3.02. The van der Waals surface area contributed by atoms with Crippen molar-refractivity contribution in [2.45, 2.75) is 32.4 Å². The summed E-state index contributed by atoms with van der Waals surface area (Å²) < 4.78 is 4.96. The Kier molecular flexibility index (Phi) is 4.54. The van der Waals surface area contributed by atoms with E-state index in [0.29, 0.717) is 19.2 Å². The number of carbonyl (C=O) groups excluding carboxylic acids is 1. The highest BCUT2D eigenvalue weighted by Gasteiger charge is 2.36. The Morgan fingerprint density at radius 1 is 1.60 bits per heavy atom. The lowest BCUT2D eigenvalue weighted by Crippen LogP contribution is -2.58. The van der Waals surface area contributed by atoms with Gasteiger partial charge in [-0.3, -0.25) is 9.69 Å². The van der Waals surface area contributed by atoms with E-state index in [-0.39, 0.29) is 11.9 Å². The van der Waals surface area contributed by atoms with Crippen molar-refractivity contribution in [3.05, 3.63) is 0 Å². The first-order valence-electron chi connectivity index (χ1n) is 5.57. The van der Waals surface area contributed by atoms with Gasteiger partial charge in [0.25, 0.3) is 0 Å². The fourth-order valence-electron chi connectivity index (χ4n) is 1.88. The van der Waals surface area contributed by atoms with Gasteiger partial charge < -0.3 is 9.64 Å². The summed E-state index contributed by atoms with van der Waals surface area (Å²) in [6.45, 7) is 6.60. The Hall–Kier alpha value is -0.610. The molecule has 1 heterocycles. The highest BCUT2D eigenvalue weighted by atomic mass is 16.5. The van der Waals surface area contributed by atoms with Crippen LogP contribution in [0.1, 0.15) is 20.3 Å². The highest BCUT2D eigenvalue weighted by Crippen LogP contribution is 2.21. The van der Waals surface area contributed by atoms with E-state index in [9.17, 15) is 4.79 Å². The lowest BCUT2D eigenvalue weighted by Gasteiger charge is -2.44. The molecule has 1 aliphatic heterocycles. The summed E-state index contributed by atoms with van der Waals surface area (Å²) in [5, 5.41) is 0. The summed E-state index contributed by atoms with van der Waals surface area (Å²) in [4.78, 5) is 16.0. The van der Waals surface area contributed by atoms with Gasteiger partial charge in [-0.25, -0.2) is 0 Å². The van der Waals surface area contributed by atoms with Crippen LogP contribution in [0.2, 0.25) is 0 Å². The minimum Gasteiger partial charge on any atom is -0.383 e. The molecule has 0 unspecified atom stereocenters. The summed E-state index contributed by atoms with van der Waals surface area (Å²) in [5.74, 6) is 0.229. The number of carbonyl (C=O) groups is 1. The molecule has 1 amide bonds. The van der Waals surface area contributed by atoms with Gasteiger partial charge in [-0.2, -0.15) is 0 Å². The van der Waals surface area contributed by atoms with Crippen LogP contribution in [-0.2, 0) is 9.53 Å². The third-order valence-corrected chi connectivity index (χ3v) is 3.02. The van der Waals surface area contributed by atoms with Gasteiger partial charge >= 0.3 is 0 Å². The molecule has 4 heteroatoms. The predicted octanol–water partition coefficient (Wildman–Crippen LogP) is 0.574. The zero-order chi connectivity index (χ0) is 11.4. The van der Waals surface area contributed by atoms with Crippen LogP contribution in [0.5, 0.6) is 0 Å². The number of hydrogen-bond donors (Lipinski definition) is 0. The largest absolute Gasteiger partial charge is 0.383 e. The number of amides is 1. The molecule has 1 fully saturated rings. The van der Waals surface area contributed by atoms with E-state index in [1.54, 1.807) is 12.0 Å². The van der Waals surface area contributed by atoms with Crippen LogP contribution in [0, 0.1) is 0 Å². The maximum atomic E-state index is 12.0. The Balaban J connectivity index is 2.39. The minimum absolute atomic E-state index is 0.104. The van der Waals surface area contributed by atoms with Crippen molar-refractivity contribution < 1.29 is 9.53 Å². The van der Waals surface area contributed by atoms with E-state index in [2.05, 4.69) is 18.7 Å². The molecule has 0 aliphatic carbocycles. The first kappa shape index (κ1) is 12.5. The van der Waals surface area contributed by atoms with E-state index < -0.39 is 0 Å². The quantitative estimate of drug-likeness (QED) is 0.671. The van der Waals surface area contributed by atoms with E-state index in [1.807, 2.05) is 7.05 Å². The molecule has 15 heavy (non-hydrogen) atoms. The number of methoxy groups -OCH3 is 1. The predicted molar refractivity (Wildman–Crippen MR) is 59.8 cm³/mol. The molecule has 1 aliphatic rings. The number of likely N-dealkylation sites (N-methyl/N-ethyl adjacent to an activating group) is 1. The summed E-state index contributed by atoms with van der Waals surface area (Å²) >= 11 is 0. The van der Waals surface area contributed by atoms with E-state index in [0.717, 1.165) is 13.0 Å². The highest BCUT2D eigenvalue weighted by molar-refractivity contribution is 5.82. The fourth-order valence-corrected chi connectivity index (χ4v) is 1.88. The van der Waals surface area contributed by atoms with Crippen molar-refractivity contribution in [2.75, 3.05) is 33.9 Å². The summed E-state index contributed by atoms with van der Waals surface area (Å²) in [6, 6.07) is 0.565. The van der Waals surface area contributed by atoms with Crippen LogP contribution in [0.3, 0.4) is 0 Å². The van der Waals surface area contributed by atoms with Crippen LogP contribution in [-0.4, -0.2) is 61.6 Å². The van der Waals surface area contributed by atoms with Crippen molar-refractivity contribution in [3.8, 4) is 0 Å². The second kappa shape index (κ2) is 5.47. The molecule has 1 atom stereocenters. The second-order valence-corrected chi connectivity index (χ2v) is 4.39. The molecule has 4 nitrogen and oxygen atoms in total.